The molecule has 2 amide bonds. The van der Waals surface area contributed by atoms with Crippen LogP contribution in [0.5, 0.6) is 0 Å². The molecule has 4 heteroatoms. The number of hydrogen-bond donors (Lipinski definition) is 2. The van der Waals surface area contributed by atoms with Gasteiger partial charge in [-0.3, -0.25) is 9.59 Å². The van der Waals surface area contributed by atoms with Crippen molar-refractivity contribution in [1.29, 1.82) is 0 Å². The maximum absolute atomic E-state index is 11.0. The van der Waals surface area contributed by atoms with Crippen LogP contribution in [0, 0.1) is 5.92 Å². The topological polar surface area (TPSA) is 58.2 Å². The quantitative estimate of drug-likeness (QED) is 0.619. The van der Waals surface area contributed by atoms with E-state index in [1.807, 2.05) is 6.92 Å². The number of hydrogen-bond acceptors (Lipinski definition) is 2. The highest BCUT2D eigenvalue weighted by Gasteiger charge is 2.06. The molecule has 0 aliphatic rings. The minimum Gasteiger partial charge on any atom is -0.359 e. The molecule has 0 aromatic heterocycles. The maximum Gasteiger partial charge on any atom is 0.220 e. The van der Waals surface area contributed by atoms with Crippen LogP contribution in [0.2, 0.25) is 0 Å². The molecule has 14 heavy (non-hydrogen) atoms. The maximum atomic E-state index is 11.0. The molecular formula is C10H20N2O2. The Hall–Kier alpha value is -1.06. The van der Waals surface area contributed by atoms with E-state index < -0.39 is 0 Å². The van der Waals surface area contributed by atoms with Crippen LogP contribution < -0.4 is 10.6 Å². The van der Waals surface area contributed by atoms with E-state index >= 15 is 0 Å². The van der Waals surface area contributed by atoms with Crippen molar-refractivity contribution >= 4 is 11.8 Å². The second-order valence-corrected chi connectivity index (χ2v) is 3.61. The van der Waals surface area contributed by atoms with E-state index in [9.17, 15) is 9.59 Å². The van der Waals surface area contributed by atoms with Crippen molar-refractivity contribution in [2.24, 2.45) is 5.92 Å². The summed E-state index contributed by atoms with van der Waals surface area (Å²) in [7, 11) is 1.65. The zero-order valence-electron chi connectivity index (χ0n) is 9.22. The van der Waals surface area contributed by atoms with Crippen LogP contribution >= 0.6 is 0 Å². The molecular weight excluding hydrogens is 180 g/mol. The Morgan fingerprint density at radius 1 is 1.36 bits per heavy atom. The molecule has 0 rings (SSSR count). The first-order valence-corrected chi connectivity index (χ1v) is 5.01. The van der Waals surface area contributed by atoms with E-state index in [4.69, 9.17) is 0 Å². The molecule has 0 radical (unpaired) electrons. The van der Waals surface area contributed by atoms with Crippen LogP contribution in [0.3, 0.4) is 0 Å². The Balaban J connectivity index is 3.39. The highest BCUT2D eigenvalue weighted by Crippen LogP contribution is 2.09. The molecule has 0 saturated heterocycles. The lowest BCUT2D eigenvalue weighted by atomic mass is 10.0. The molecule has 1 atom stereocenters. The predicted octanol–water partition coefficient (Wildman–Crippen LogP) is 0.675. The van der Waals surface area contributed by atoms with Gasteiger partial charge < -0.3 is 10.6 Å². The molecule has 82 valence electrons. The van der Waals surface area contributed by atoms with Crippen molar-refractivity contribution in [2.45, 2.75) is 33.1 Å². The predicted molar refractivity (Wildman–Crippen MR) is 55.8 cm³/mol. The Morgan fingerprint density at radius 2 is 2.00 bits per heavy atom. The summed E-state index contributed by atoms with van der Waals surface area (Å²) < 4.78 is 0. The van der Waals surface area contributed by atoms with Gasteiger partial charge in [-0.2, -0.15) is 0 Å². The van der Waals surface area contributed by atoms with Crippen LogP contribution in [-0.4, -0.2) is 25.4 Å². The third kappa shape index (κ3) is 7.58. The van der Waals surface area contributed by atoms with E-state index in [0.717, 1.165) is 12.8 Å². The van der Waals surface area contributed by atoms with Crippen LogP contribution in [0.15, 0.2) is 0 Å². The summed E-state index contributed by atoms with van der Waals surface area (Å²) in [6.07, 6.45) is 2.46. The number of nitrogens with one attached hydrogen (secondary N) is 2. The molecule has 0 fully saturated rings. The molecule has 0 aliphatic carbocycles. The zero-order chi connectivity index (χ0) is 11.0. The average Bonchev–Trinajstić information content (AvgIpc) is 2.12. The molecule has 0 aromatic rings. The summed E-state index contributed by atoms with van der Waals surface area (Å²) in [5.41, 5.74) is 0. The van der Waals surface area contributed by atoms with Crippen LogP contribution in [-0.2, 0) is 9.59 Å². The first-order valence-electron chi connectivity index (χ1n) is 5.01. The minimum absolute atomic E-state index is 0.00366. The van der Waals surface area contributed by atoms with Crippen molar-refractivity contribution in [3.8, 4) is 0 Å². The highest BCUT2D eigenvalue weighted by molar-refractivity contribution is 5.75. The van der Waals surface area contributed by atoms with E-state index in [1.165, 1.54) is 6.92 Å². The molecule has 0 aliphatic heterocycles. The molecule has 0 aromatic carbocycles. The summed E-state index contributed by atoms with van der Waals surface area (Å²) in [6, 6.07) is 0. The fourth-order valence-electron chi connectivity index (χ4n) is 1.24. The first-order chi connectivity index (χ1) is 6.56. The highest BCUT2D eigenvalue weighted by atomic mass is 16.2. The number of carbonyl (C=O) groups excluding carboxylic acids is 2. The monoisotopic (exact) mass is 200 g/mol. The van der Waals surface area contributed by atoms with Gasteiger partial charge >= 0.3 is 0 Å². The molecule has 0 spiro atoms. The molecule has 0 unspecified atom stereocenters. The normalized spacial score (nSPS) is 11.9. The third-order valence-corrected chi connectivity index (χ3v) is 2.06. The van der Waals surface area contributed by atoms with Gasteiger partial charge in [-0.15, -0.1) is 0 Å². The van der Waals surface area contributed by atoms with Crippen molar-refractivity contribution in [2.75, 3.05) is 13.6 Å². The van der Waals surface area contributed by atoms with Crippen LogP contribution in [0.25, 0.3) is 0 Å². The number of carbonyl (C=O) groups is 2. The summed E-state index contributed by atoms with van der Waals surface area (Å²) in [6.45, 7) is 4.25. The van der Waals surface area contributed by atoms with Gasteiger partial charge in [0.2, 0.25) is 11.8 Å². The smallest absolute Gasteiger partial charge is 0.220 e. The molecule has 0 saturated carbocycles. The number of rotatable bonds is 6. The average molecular weight is 200 g/mol. The van der Waals surface area contributed by atoms with Gasteiger partial charge in [0.05, 0.1) is 0 Å². The number of amides is 2. The van der Waals surface area contributed by atoms with E-state index in [-0.39, 0.29) is 11.8 Å². The van der Waals surface area contributed by atoms with Gasteiger partial charge in [-0.1, -0.05) is 6.92 Å². The lowest BCUT2D eigenvalue weighted by Gasteiger charge is -2.09. The van der Waals surface area contributed by atoms with E-state index in [0.29, 0.717) is 18.9 Å². The second-order valence-electron chi connectivity index (χ2n) is 3.61. The minimum atomic E-state index is 0.00366. The van der Waals surface area contributed by atoms with Gasteiger partial charge in [0, 0.05) is 26.9 Å². The Morgan fingerprint density at radius 3 is 2.50 bits per heavy atom. The Kier molecular flexibility index (Phi) is 6.80. The lowest BCUT2D eigenvalue weighted by Crippen LogP contribution is -2.23. The summed E-state index contributed by atoms with van der Waals surface area (Å²) in [5, 5.41) is 5.32. The van der Waals surface area contributed by atoms with Gasteiger partial charge in [-0.05, 0) is 18.8 Å². The van der Waals surface area contributed by atoms with E-state index in [2.05, 4.69) is 10.6 Å². The SMILES string of the molecule is CNC(=O)C[C@H](C)CCCNC(C)=O. The van der Waals surface area contributed by atoms with Crippen molar-refractivity contribution in [3.63, 3.8) is 0 Å². The zero-order valence-corrected chi connectivity index (χ0v) is 9.22. The Bertz CT molecular complexity index is 193. The van der Waals surface area contributed by atoms with Gasteiger partial charge in [0.25, 0.3) is 0 Å². The van der Waals surface area contributed by atoms with Crippen molar-refractivity contribution < 1.29 is 9.59 Å². The van der Waals surface area contributed by atoms with Crippen LogP contribution in [0.4, 0.5) is 0 Å². The summed E-state index contributed by atoms with van der Waals surface area (Å²) >= 11 is 0. The Labute approximate surface area is 85.4 Å². The largest absolute Gasteiger partial charge is 0.359 e. The molecule has 0 heterocycles. The molecule has 2 N–H and O–H groups in total. The van der Waals surface area contributed by atoms with Crippen LogP contribution in [0.1, 0.15) is 33.1 Å². The van der Waals surface area contributed by atoms with Gasteiger partial charge in [0.15, 0.2) is 0 Å². The second kappa shape index (κ2) is 7.35. The summed E-state index contributed by atoms with van der Waals surface area (Å²) in [4.78, 5) is 21.5. The lowest BCUT2D eigenvalue weighted by molar-refractivity contribution is -0.121. The molecule has 4 nitrogen and oxygen atoms in total. The van der Waals surface area contributed by atoms with Gasteiger partial charge in [0.1, 0.15) is 0 Å². The van der Waals surface area contributed by atoms with Crippen molar-refractivity contribution in [3.05, 3.63) is 0 Å². The summed E-state index contributed by atoms with van der Waals surface area (Å²) in [5.74, 6) is 0.463. The standard InChI is InChI=1S/C10H20N2O2/c1-8(7-10(14)11-3)5-4-6-12-9(2)13/h8H,4-7H2,1-3H3,(H,11,14)(H,12,13)/t8-/m1/s1. The molecule has 0 bridgehead atoms. The fraction of sp³-hybridized carbons (Fsp3) is 0.800. The first kappa shape index (κ1) is 12.9. The van der Waals surface area contributed by atoms with E-state index in [1.54, 1.807) is 7.05 Å². The van der Waals surface area contributed by atoms with Crippen molar-refractivity contribution in [1.82, 2.24) is 10.6 Å². The third-order valence-electron chi connectivity index (χ3n) is 2.06. The van der Waals surface area contributed by atoms with Gasteiger partial charge in [-0.25, -0.2) is 0 Å². The fourth-order valence-corrected chi connectivity index (χ4v) is 1.24.